The normalized spacial score (nSPS) is 46.8. The van der Waals surface area contributed by atoms with Crippen molar-refractivity contribution in [2.45, 2.75) is 26.1 Å². The summed E-state index contributed by atoms with van der Waals surface area (Å²) in [5.41, 5.74) is 0.324. The predicted molar refractivity (Wildman–Crippen MR) is 31.6 cm³/mol. The molecule has 2 atom stereocenters. The zero-order chi connectivity index (χ0) is 5.78. The molecule has 0 bridgehead atoms. The van der Waals surface area contributed by atoms with Crippen LogP contribution in [0.4, 0.5) is 0 Å². The van der Waals surface area contributed by atoms with Gasteiger partial charge in [0.15, 0.2) is 0 Å². The van der Waals surface area contributed by atoms with Crippen LogP contribution >= 0.6 is 0 Å². The summed E-state index contributed by atoms with van der Waals surface area (Å²) in [4.78, 5) is 0. The minimum Gasteiger partial charge on any atom is -0.364 e. The molecule has 0 amide bonds. The van der Waals surface area contributed by atoms with Gasteiger partial charge in [-0.1, -0.05) is 26.0 Å². The first-order chi connectivity index (χ1) is 3.70. The second-order valence-electron chi connectivity index (χ2n) is 3.20. The lowest BCUT2D eigenvalue weighted by molar-refractivity contribution is 0.283. The largest absolute Gasteiger partial charge is 0.364 e. The van der Waals surface area contributed by atoms with Gasteiger partial charge in [-0.3, -0.25) is 0 Å². The Kier molecular flexibility index (Phi) is 0.575. The van der Waals surface area contributed by atoms with Crippen LogP contribution in [0.25, 0.3) is 0 Å². The molecule has 8 heavy (non-hydrogen) atoms. The van der Waals surface area contributed by atoms with Crippen molar-refractivity contribution in [3.05, 3.63) is 12.2 Å². The molecule has 1 aliphatic carbocycles. The molecule has 1 fully saturated rings. The van der Waals surface area contributed by atoms with Gasteiger partial charge in [0.1, 0.15) is 6.10 Å². The summed E-state index contributed by atoms with van der Waals surface area (Å²) in [7, 11) is 0. The first-order valence-corrected chi connectivity index (χ1v) is 3.05. The number of rotatable bonds is 0. The number of fused-ring (bicyclic) bond motifs is 1. The average molecular weight is 110 g/mol. The number of ether oxygens (including phenoxy) is 1. The fourth-order valence-electron chi connectivity index (χ4n) is 1.31. The molecule has 2 rings (SSSR count). The highest BCUT2D eigenvalue weighted by atomic mass is 16.6. The number of hydrogen-bond acceptors (Lipinski definition) is 1. The Hall–Kier alpha value is -0.300. The summed E-state index contributed by atoms with van der Waals surface area (Å²) in [6.07, 6.45) is 5.39. The molecule has 1 heteroatoms. The van der Waals surface area contributed by atoms with E-state index < -0.39 is 0 Å². The van der Waals surface area contributed by atoms with Crippen LogP contribution < -0.4 is 0 Å². The standard InChI is InChI=1S/C7H10O/c1-7(2)4-3-5-6(7)8-5/h3-6H,1-2H3. The Bertz CT molecular complexity index is 146. The second-order valence-corrected chi connectivity index (χ2v) is 3.20. The van der Waals surface area contributed by atoms with Crippen molar-refractivity contribution in [1.82, 2.24) is 0 Å². The van der Waals surface area contributed by atoms with Crippen LogP contribution in [0, 0.1) is 5.41 Å². The zero-order valence-electron chi connectivity index (χ0n) is 5.22. The minimum absolute atomic E-state index is 0.324. The van der Waals surface area contributed by atoms with E-state index in [0.29, 0.717) is 17.6 Å². The molecular formula is C7H10O. The van der Waals surface area contributed by atoms with E-state index in [0.717, 1.165) is 0 Å². The van der Waals surface area contributed by atoms with Crippen LogP contribution in [0.1, 0.15) is 13.8 Å². The Morgan fingerprint density at radius 3 is 2.38 bits per heavy atom. The molecule has 0 spiro atoms. The summed E-state index contributed by atoms with van der Waals surface area (Å²) >= 11 is 0. The maximum atomic E-state index is 5.28. The lowest BCUT2D eigenvalue weighted by Crippen LogP contribution is -2.12. The molecule has 1 aliphatic heterocycles. The van der Waals surface area contributed by atoms with Crippen molar-refractivity contribution in [3.8, 4) is 0 Å². The van der Waals surface area contributed by atoms with Gasteiger partial charge in [0.2, 0.25) is 0 Å². The van der Waals surface area contributed by atoms with E-state index in [2.05, 4.69) is 26.0 Å². The highest BCUT2D eigenvalue weighted by molar-refractivity contribution is 5.21. The van der Waals surface area contributed by atoms with Gasteiger partial charge < -0.3 is 4.74 Å². The Morgan fingerprint density at radius 1 is 1.50 bits per heavy atom. The molecule has 44 valence electrons. The van der Waals surface area contributed by atoms with Crippen LogP contribution in [0.2, 0.25) is 0 Å². The molecule has 2 unspecified atom stereocenters. The molecule has 2 aliphatic rings. The fourth-order valence-corrected chi connectivity index (χ4v) is 1.31. The van der Waals surface area contributed by atoms with E-state index in [9.17, 15) is 0 Å². The van der Waals surface area contributed by atoms with Crippen LogP contribution in [-0.4, -0.2) is 12.2 Å². The zero-order valence-corrected chi connectivity index (χ0v) is 5.22. The lowest BCUT2D eigenvalue weighted by Gasteiger charge is -2.12. The molecule has 0 aromatic carbocycles. The van der Waals surface area contributed by atoms with E-state index in [-0.39, 0.29) is 0 Å². The third-order valence-electron chi connectivity index (χ3n) is 1.97. The first-order valence-electron chi connectivity index (χ1n) is 3.05. The van der Waals surface area contributed by atoms with E-state index in [1.54, 1.807) is 0 Å². The van der Waals surface area contributed by atoms with Gasteiger partial charge in [-0.2, -0.15) is 0 Å². The van der Waals surface area contributed by atoms with Crippen LogP contribution in [0.15, 0.2) is 12.2 Å². The van der Waals surface area contributed by atoms with Gasteiger partial charge >= 0.3 is 0 Å². The molecule has 1 saturated heterocycles. The summed E-state index contributed by atoms with van der Waals surface area (Å²) in [6.45, 7) is 4.42. The van der Waals surface area contributed by atoms with E-state index in [1.165, 1.54) is 0 Å². The van der Waals surface area contributed by atoms with Gasteiger partial charge in [-0.05, 0) is 0 Å². The van der Waals surface area contributed by atoms with Gasteiger partial charge in [-0.15, -0.1) is 0 Å². The topological polar surface area (TPSA) is 12.5 Å². The summed E-state index contributed by atoms with van der Waals surface area (Å²) in [5, 5.41) is 0. The van der Waals surface area contributed by atoms with E-state index in [4.69, 9.17) is 4.74 Å². The number of epoxide rings is 1. The van der Waals surface area contributed by atoms with Crippen LogP contribution in [0.5, 0.6) is 0 Å². The third-order valence-corrected chi connectivity index (χ3v) is 1.97. The fraction of sp³-hybridized carbons (Fsp3) is 0.714. The van der Waals surface area contributed by atoms with Crippen molar-refractivity contribution < 1.29 is 4.74 Å². The van der Waals surface area contributed by atoms with Crippen molar-refractivity contribution in [3.63, 3.8) is 0 Å². The molecular weight excluding hydrogens is 100 g/mol. The maximum Gasteiger partial charge on any atom is 0.103 e. The Balaban J connectivity index is 2.29. The average Bonchev–Trinajstić information content (AvgIpc) is 2.34. The third kappa shape index (κ3) is 0.402. The molecule has 1 heterocycles. The van der Waals surface area contributed by atoms with Crippen LogP contribution in [-0.2, 0) is 4.74 Å². The summed E-state index contributed by atoms with van der Waals surface area (Å²) < 4.78 is 5.28. The van der Waals surface area contributed by atoms with Gasteiger partial charge in [-0.25, -0.2) is 0 Å². The molecule has 0 N–H and O–H groups in total. The first kappa shape index (κ1) is 4.57. The van der Waals surface area contributed by atoms with Crippen molar-refractivity contribution in [2.24, 2.45) is 5.41 Å². The minimum atomic E-state index is 0.324. The van der Waals surface area contributed by atoms with Crippen molar-refractivity contribution in [2.75, 3.05) is 0 Å². The summed E-state index contributed by atoms with van der Waals surface area (Å²) in [6, 6.07) is 0. The van der Waals surface area contributed by atoms with Crippen LogP contribution in [0.3, 0.4) is 0 Å². The lowest BCUT2D eigenvalue weighted by atomic mass is 9.93. The number of hydrogen-bond donors (Lipinski definition) is 0. The SMILES string of the molecule is CC1(C)C=CC2OC21. The smallest absolute Gasteiger partial charge is 0.103 e. The molecule has 1 nitrogen and oxygen atoms in total. The van der Waals surface area contributed by atoms with E-state index >= 15 is 0 Å². The van der Waals surface area contributed by atoms with Gasteiger partial charge in [0.05, 0.1) is 6.10 Å². The maximum absolute atomic E-state index is 5.28. The van der Waals surface area contributed by atoms with Gasteiger partial charge in [0.25, 0.3) is 0 Å². The van der Waals surface area contributed by atoms with Gasteiger partial charge in [0, 0.05) is 5.41 Å². The highest BCUT2D eigenvalue weighted by Crippen LogP contribution is 2.45. The highest BCUT2D eigenvalue weighted by Gasteiger charge is 2.51. The molecule has 0 radical (unpaired) electrons. The molecule has 0 aromatic rings. The Morgan fingerprint density at radius 2 is 2.25 bits per heavy atom. The summed E-state index contributed by atoms with van der Waals surface area (Å²) in [5.74, 6) is 0. The quantitative estimate of drug-likeness (QED) is 0.339. The van der Waals surface area contributed by atoms with Crippen molar-refractivity contribution >= 4 is 0 Å². The molecule has 0 aromatic heterocycles. The monoisotopic (exact) mass is 110 g/mol. The van der Waals surface area contributed by atoms with E-state index in [1.807, 2.05) is 0 Å². The predicted octanol–water partition coefficient (Wildman–Crippen LogP) is 1.35. The van der Waals surface area contributed by atoms with Crippen molar-refractivity contribution in [1.29, 1.82) is 0 Å². The molecule has 0 saturated carbocycles. The second kappa shape index (κ2) is 1.01. The Labute approximate surface area is 49.3 Å².